The van der Waals surface area contributed by atoms with E-state index in [0.717, 1.165) is 23.5 Å². The van der Waals surface area contributed by atoms with E-state index in [4.69, 9.17) is 0 Å². The van der Waals surface area contributed by atoms with Gasteiger partial charge in [0.1, 0.15) is 0 Å². The molecule has 0 saturated carbocycles. The molecule has 0 aliphatic rings. The minimum Gasteiger partial charge on any atom is -0.387 e. The molecule has 3 rings (SSSR count). The van der Waals surface area contributed by atoms with Crippen LogP contribution in [0.5, 0.6) is 0 Å². The van der Waals surface area contributed by atoms with Gasteiger partial charge in [-0.15, -0.1) is 11.3 Å². The molecule has 0 saturated heterocycles. The first-order valence-corrected chi connectivity index (χ1v) is 10.1. The van der Waals surface area contributed by atoms with E-state index in [2.05, 4.69) is 20.9 Å². The number of carbonyl (C=O) groups excluding carboxylic acids is 2. The van der Waals surface area contributed by atoms with Crippen molar-refractivity contribution in [3.8, 4) is 11.3 Å². The molecule has 0 unspecified atom stereocenters. The average molecular weight is 448 g/mol. The molecule has 0 atom stereocenters. The Morgan fingerprint density at radius 3 is 2.52 bits per heavy atom. The summed E-state index contributed by atoms with van der Waals surface area (Å²) < 4.78 is 38.8. The van der Waals surface area contributed by atoms with Crippen LogP contribution >= 0.6 is 11.3 Å². The summed E-state index contributed by atoms with van der Waals surface area (Å²) in [4.78, 5) is 29.0. The van der Waals surface area contributed by atoms with Gasteiger partial charge in [0.25, 0.3) is 5.91 Å². The molecular weight excluding hydrogens is 429 g/mol. The third kappa shape index (κ3) is 5.21. The number of nitrogens with one attached hydrogen (secondary N) is 3. The van der Waals surface area contributed by atoms with Crippen LogP contribution in [0.3, 0.4) is 0 Å². The Labute approximate surface area is 180 Å². The number of carbonyl (C=O) groups is 2. The van der Waals surface area contributed by atoms with Gasteiger partial charge in [0.2, 0.25) is 5.91 Å². The SMILES string of the molecule is CNC(=O)c1c(CC(=O)Nc2nc(-c3cccc(C(F)(F)F)c3)cs2)cccc1NC. The van der Waals surface area contributed by atoms with Gasteiger partial charge >= 0.3 is 6.18 Å². The first-order chi connectivity index (χ1) is 14.7. The molecule has 1 heterocycles. The highest BCUT2D eigenvalue weighted by molar-refractivity contribution is 7.14. The third-order valence-electron chi connectivity index (χ3n) is 4.46. The van der Waals surface area contributed by atoms with Crippen LogP contribution in [0, 0.1) is 0 Å². The number of amides is 2. The monoisotopic (exact) mass is 448 g/mol. The van der Waals surface area contributed by atoms with Gasteiger partial charge in [0.05, 0.1) is 23.2 Å². The normalized spacial score (nSPS) is 11.1. The maximum absolute atomic E-state index is 12.9. The highest BCUT2D eigenvalue weighted by Gasteiger charge is 2.30. The fourth-order valence-electron chi connectivity index (χ4n) is 3.00. The Hall–Kier alpha value is -3.40. The van der Waals surface area contributed by atoms with E-state index in [-0.39, 0.29) is 17.5 Å². The number of aromatic nitrogens is 1. The summed E-state index contributed by atoms with van der Waals surface area (Å²) in [5, 5.41) is 9.95. The van der Waals surface area contributed by atoms with Crippen molar-refractivity contribution in [2.24, 2.45) is 0 Å². The van der Waals surface area contributed by atoms with Gasteiger partial charge < -0.3 is 16.0 Å². The summed E-state index contributed by atoms with van der Waals surface area (Å²) >= 11 is 1.10. The van der Waals surface area contributed by atoms with Crippen LogP contribution in [0.2, 0.25) is 0 Å². The lowest BCUT2D eigenvalue weighted by Gasteiger charge is -2.13. The number of alkyl halides is 3. The lowest BCUT2D eigenvalue weighted by Crippen LogP contribution is -2.23. The molecule has 3 aromatic rings. The second-order valence-electron chi connectivity index (χ2n) is 6.51. The molecule has 0 radical (unpaired) electrons. The van der Waals surface area contributed by atoms with Crippen LogP contribution in [0.1, 0.15) is 21.5 Å². The molecular formula is C21H19F3N4O2S. The Kier molecular flexibility index (Phi) is 6.59. The third-order valence-corrected chi connectivity index (χ3v) is 5.22. The summed E-state index contributed by atoms with van der Waals surface area (Å²) in [6.07, 6.45) is -4.52. The smallest absolute Gasteiger partial charge is 0.387 e. The number of rotatable bonds is 6. The van der Waals surface area contributed by atoms with Crippen molar-refractivity contribution in [1.82, 2.24) is 10.3 Å². The molecule has 0 aliphatic carbocycles. The van der Waals surface area contributed by atoms with E-state index < -0.39 is 17.6 Å². The summed E-state index contributed by atoms with van der Waals surface area (Å²) in [5.41, 5.74) is 1.34. The van der Waals surface area contributed by atoms with E-state index >= 15 is 0 Å². The molecule has 1 aromatic heterocycles. The lowest BCUT2D eigenvalue weighted by atomic mass is 10.0. The molecule has 10 heteroatoms. The average Bonchev–Trinajstić information content (AvgIpc) is 3.20. The van der Waals surface area contributed by atoms with Crippen molar-refractivity contribution < 1.29 is 22.8 Å². The van der Waals surface area contributed by atoms with Crippen molar-refractivity contribution in [3.05, 3.63) is 64.5 Å². The number of hydrogen-bond acceptors (Lipinski definition) is 5. The Morgan fingerprint density at radius 1 is 1.10 bits per heavy atom. The maximum Gasteiger partial charge on any atom is 0.416 e. The van der Waals surface area contributed by atoms with Crippen molar-refractivity contribution in [1.29, 1.82) is 0 Å². The molecule has 3 N–H and O–H groups in total. The van der Waals surface area contributed by atoms with E-state index in [9.17, 15) is 22.8 Å². The van der Waals surface area contributed by atoms with Crippen LogP contribution < -0.4 is 16.0 Å². The van der Waals surface area contributed by atoms with Gasteiger partial charge in [-0.05, 0) is 23.8 Å². The number of nitrogens with zero attached hydrogens (tertiary/aromatic N) is 1. The highest BCUT2D eigenvalue weighted by Crippen LogP contribution is 2.33. The van der Waals surface area contributed by atoms with Crippen LogP contribution in [-0.2, 0) is 17.4 Å². The number of thiazole rings is 1. The molecule has 162 valence electrons. The summed E-state index contributed by atoms with van der Waals surface area (Å²) in [5.74, 6) is -0.725. The Bertz CT molecular complexity index is 1110. The van der Waals surface area contributed by atoms with E-state index in [1.165, 1.54) is 19.2 Å². The number of benzene rings is 2. The zero-order chi connectivity index (χ0) is 22.6. The first kappa shape index (κ1) is 22.3. The number of halogens is 3. The van der Waals surface area contributed by atoms with Gasteiger partial charge in [-0.1, -0.05) is 24.3 Å². The summed E-state index contributed by atoms with van der Waals surface area (Å²) in [7, 11) is 3.18. The minimum absolute atomic E-state index is 0.0727. The molecule has 6 nitrogen and oxygen atoms in total. The molecule has 0 fully saturated rings. The zero-order valence-electron chi connectivity index (χ0n) is 16.6. The van der Waals surface area contributed by atoms with Gasteiger partial charge in [-0.3, -0.25) is 9.59 Å². The van der Waals surface area contributed by atoms with E-state index in [1.54, 1.807) is 30.6 Å². The minimum atomic E-state index is -4.45. The van der Waals surface area contributed by atoms with Crippen LogP contribution in [0.4, 0.5) is 24.0 Å². The van der Waals surface area contributed by atoms with Crippen LogP contribution in [0.25, 0.3) is 11.3 Å². The Morgan fingerprint density at radius 2 is 1.84 bits per heavy atom. The van der Waals surface area contributed by atoms with Gasteiger partial charge in [0, 0.05) is 30.7 Å². The zero-order valence-corrected chi connectivity index (χ0v) is 17.4. The summed E-state index contributed by atoms with van der Waals surface area (Å²) in [6, 6.07) is 9.98. The largest absolute Gasteiger partial charge is 0.416 e. The van der Waals surface area contributed by atoms with E-state index in [0.29, 0.717) is 28.1 Å². The molecule has 31 heavy (non-hydrogen) atoms. The van der Waals surface area contributed by atoms with Crippen molar-refractivity contribution >= 4 is 34.0 Å². The van der Waals surface area contributed by atoms with Gasteiger partial charge in [-0.25, -0.2) is 4.98 Å². The van der Waals surface area contributed by atoms with Gasteiger partial charge in [-0.2, -0.15) is 13.2 Å². The number of hydrogen-bond donors (Lipinski definition) is 3. The van der Waals surface area contributed by atoms with Crippen molar-refractivity contribution in [2.75, 3.05) is 24.7 Å². The predicted molar refractivity (Wildman–Crippen MR) is 114 cm³/mol. The topological polar surface area (TPSA) is 83.1 Å². The quantitative estimate of drug-likeness (QED) is 0.522. The Balaban J connectivity index is 1.77. The highest BCUT2D eigenvalue weighted by atomic mass is 32.1. The van der Waals surface area contributed by atoms with E-state index in [1.807, 2.05) is 0 Å². The standard InChI is InChI=1S/C21H19F3N4O2S/c1-25-15-8-4-6-13(18(15)19(30)26-2)10-17(29)28-20-27-16(11-31-20)12-5-3-7-14(9-12)21(22,23)24/h3-9,11,25H,10H2,1-2H3,(H,26,30)(H,27,28,29). The summed E-state index contributed by atoms with van der Waals surface area (Å²) in [6.45, 7) is 0. The van der Waals surface area contributed by atoms with Crippen molar-refractivity contribution in [2.45, 2.75) is 12.6 Å². The second kappa shape index (κ2) is 9.17. The van der Waals surface area contributed by atoms with Gasteiger partial charge in [0.15, 0.2) is 5.13 Å². The molecule has 2 aromatic carbocycles. The molecule has 0 spiro atoms. The van der Waals surface area contributed by atoms with Crippen molar-refractivity contribution in [3.63, 3.8) is 0 Å². The van der Waals surface area contributed by atoms with Crippen LogP contribution in [-0.4, -0.2) is 30.9 Å². The molecule has 2 amide bonds. The lowest BCUT2D eigenvalue weighted by molar-refractivity contribution is -0.137. The van der Waals surface area contributed by atoms with Crippen LogP contribution in [0.15, 0.2) is 47.8 Å². The fraction of sp³-hybridized carbons (Fsp3) is 0.190. The fourth-order valence-corrected chi connectivity index (χ4v) is 3.74. The number of anilines is 2. The molecule has 0 aliphatic heterocycles. The molecule has 0 bridgehead atoms. The predicted octanol–water partition coefficient (Wildman–Crippen LogP) is 4.41. The second-order valence-corrected chi connectivity index (χ2v) is 7.37. The first-order valence-electron chi connectivity index (χ1n) is 9.17. The maximum atomic E-state index is 12.9.